The molecule has 0 saturated carbocycles. The Bertz CT molecular complexity index is 427. The zero-order valence-corrected chi connectivity index (χ0v) is 12.6. The topological polar surface area (TPSA) is 59.6 Å². The highest BCUT2D eigenvalue weighted by atomic mass is 35.5. The van der Waals surface area contributed by atoms with Gasteiger partial charge in [0, 0.05) is 25.4 Å². The molecule has 1 aromatic carbocycles. The van der Waals surface area contributed by atoms with Gasteiger partial charge in [-0.1, -0.05) is 11.6 Å². The second-order valence-electron chi connectivity index (χ2n) is 4.13. The SMILES string of the molecule is CCOCCCCNC(=O)Nc1ccc(OC)c(Cl)c1. The number of benzene rings is 1. The van der Waals surface area contributed by atoms with Crippen LogP contribution in [0.2, 0.25) is 5.02 Å². The molecule has 0 aliphatic heterocycles. The molecular formula is C14H21ClN2O3. The zero-order chi connectivity index (χ0) is 14.8. The van der Waals surface area contributed by atoms with E-state index in [-0.39, 0.29) is 6.03 Å². The first-order valence-corrected chi connectivity index (χ1v) is 7.01. The van der Waals surface area contributed by atoms with E-state index in [4.69, 9.17) is 21.1 Å². The van der Waals surface area contributed by atoms with Crippen molar-refractivity contribution in [2.24, 2.45) is 0 Å². The van der Waals surface area contributed by atoms with Crippen molar-refractivity contribution in [2.45, 2.75) is 19.8 Å². The summed E-state index contributed by atoms with van der Waals surface area (Å²) in [7, 11) is 1.54. The molecule has 20 heavy (non-hydrogen) atoms. The third-order valence-electron chi connectivity index (χ3n) is 2.61. The molecule has 0 saturated heterocycles. The predicted molar refractivity (Wildman–Crippen MR) is 80.8 cm³/mol. The van der Waals surface area contributed by atoms with Gasteiger partial charge in [0.2, 0.25) is 0 Å². The van der Waals surface area contributed by atoms with E-state index >= 15 is 0 Å². The molecule has 0 bridgehead atoms. The van der Waals surface area contributed by atoms with Gasteiger partial charge in [-0.2, -0.15) is 0 Å². The molecular weight excluding hydrogens is 280 g/mol. The zero-order valence-electron chi connectivity index (χ0n) is 11.9. The molecule has 0 spiro atoms. The summed E-state index contributed by atoms with van der Waals surface area (Å²) in [6, 6.07) is 4.84. The number of anilines is 1. The number of halogens is 1. The van der Waals surface area contributed by atoms with E-state index in [1.165, 1.54) is 0 Å². The third kappa shape index (κ3) is 6.12. The molecule has 0 aliphatic rings. The number of nitrogens with one attached hydrogen (secondary N) is 2. The lowest BCUT2D eigenvalue weighted by Crippen LogP contribution is -2.29. The van der Waals surface area contributed by atoms with Gasteiger partial charge in [0.05, 0.1) is 12.1 Å². The molecule has 5 nitrogen and oxygen atoms in total. The van der Waals surface area contributed by atoms with Gasteiger partial charge in [-0.05, 0) is 38.0 Å². The summed E-state index contributed by atoms with van der Waals surface area (Å²) < 4.78 is 10.3. The largest absolute Gasteiger partial charge is 0.495 e. The molecule has 0 aromatic heterocycles. The van der Waals surface area contributed by atoms with Gasteiger partial charge in [-0.3, -0.25) is 0 Å². The van der Waals surface area contributed by atoms with Crippen LogP contribution in [0.4, 0.5) is 10.5 Å². The highest BCUT2D eigenvalue weighted by Crippen LogP contribution is 2.26. The predicted octanol–water partition coefficient (Wildman–Crippen LogP) is 3.29. The molecule has 1 rings (SSSR count). The Morgan fingerprint density at radius 2 is 2.15 bits per heavy atom. The van der Waals surface area contributed by atoms with E-state index in [1.807, 2.05) is 6.92 Å². The Morgan fingerprint density at radius 1 is 1.35 bits per heavy atom. The number of amides is 2. The minimum Gasteiger partial charge on any atom is -0.495 e. The van der Waals surface area contributed by atoms with Crippen LogP contribution in [0.5, 0.6) is 5.75 Å². The molecule has 6 heteroatoms. The lowest BCUT2D eigenvalue weighted by molar-refractivity contribution is 0.143. The van der Waals surface area contributed by atoms with Crippen molar-refractivity contribution >= 4 is 23.3 Å². The highest BCUT2D eigenvalue weighted by molar-refractivity contribution is 6.32. The number of carbonyl (C=O) groups excluding carboxylic acids is 1. The number of rotatable bonds is 8. The summed E-state index contributed by atoms with van der Waals surface area (Å²) in [5, 5.41) is 5.95. The summed E-state index contributed by atoms with van der Waals surface area (Å²) in [6.07, 6.45) is 1.82. The van der Waals surface area contributed by atoms with Gasteiger partial charge in [0.25, 0.3) is 0 Å². The van der Waals surface area contributed by atoms with Crippen LogP contribution in [0.3, 0.4) is 0 Å². The van der Waals surface area contributed by atoms with E-state index in [0.717, 1.165) is 26.1 Å². The maximum absolute atomic E-state index is 11.6. The monoisotopic (exact) mass is 300 g/mol. The molecule has 0 heterocycles. The second kappa shape index (κ2) is 9.44. The minimum absolute atomic E-state index is 0.248. The molecule has 1 aromatic rings. The molecule has 0 fully saturated rings. The smallest absolute Gasteiger partial charge is 0.319 e. The van der Waals surface area contributed by atoms with Crippen LogP contribution in [0.15, 0.2) is 18.2 Å². The number of urea groups is 1. The van der Waals surface area contributed by atoms with Crippen LogP contribution in [0.1, 0.15) is 19.8 Å². The van der Waals surface area contributed by atoms with Crippen molar-refractivity contribution in [1.29, 1.82) is 0 Å². The average molecular weight is 301 g/mol. The molecule has 0 aliphatic carbocycles. The first kappa shape index (κ1) is 16.6. The number of ether oxygens (including phenoxy) is 2. The lowest BCUT2D eigenvalue weighted by atomic mass is 10.3. The average Bonchev–Trinajstić information content (AvgIpc) is 2.43. The van der Waals surface area contributed by atoms with Crippen LogP contribution in [0, 0.1) is 0 Å². The first-order chi connectivity index (χ1) is 9.67. The third-order valence-corrected chi connectivity index (χ3v) is 2.91. The second-order valence-corrected chi connectivity index (χ2v) is 4.54. The Morgan fingerprint density at radius 3 is 2.80 bits per heavy atom. The van der Waals surface area contributed by atoms with E-state index in [0.29, 0.717) is 23.0 Å². The number of carbonyl (C=O) groups is 1. The van der Waals surface area contributed by atoms with Gasteiger partial charge in [-0.15, -0.1) is 0 Å². The minimum atomic E-state index is -0.248. The Balaban J connectivity index is 2.26. The summed E-state index contributed by atoms with van der Waals surface area (Å²) in [5.74, 6) is 0.577. The molecule has 2 amide bonds. The van der Waals surface area contributed by atoms with Gasteiger partial charge >= 0.3 is 6.03 Å². The van der Waals surface area contributed by atoms with Crippen molar-refractivity contribution in [1.82, 2.24) is 5.32 Å². The summed E-state index contributed by atoms with van der Waals surface area (Å²) in [6.45, 7) is 4.04. The van der Waals surface area contributed by atoms with Gasteiger partial charge in [0.1, 0.15) is 5.75 Å². The van der Waals surface area contributed by atoms with E-state index in [9.17, 15) is 4.79 Å². The Labute approximate surface area is 124 Å². The molecule has 112 valence electrons. The summed E-state index contributed by atoms with van der Waals surface area (Å²) in [4.78, 5) is 11.6. The lowest BCUT2D eigenvalue weighted by Gasteiger charge is -2.09. The van der Waals surface area contributed by atoms with Crippen LogP contribution in [0.25, 0.3) is 0 Å². The molecule has 2 N–H and O–H groups in total. The van der Waals surface area contributed by atoms with Crippen molar-refractivity contribution in [2.75, 3.05) is 32.2 Å². The van der Waals surface area contributed by atoms with Crippen molar-refractivity contribution in [3.8, 4) is 5.75 Å². The van der Waals surface area contributed by atoms with E-state index < -0.39 is 0 Å². The highest BCUT2D eigenvalue weighted by Gasteiger charge is 2.04. The van der Waals surface area contributed by atoms with Crippen LogP contribution < -0.4 is 15.4 Å². The Hall–Kier alpha value is -1.46. The van der Waals surface area contributed by atoms with Gasteiger partial charge in [-0.25, -0.2) is 4.79 Å². The van der Waals surface area contributed by atoms with Crippen molar-refractivity contribution in [3.05, 3.63) is 23.2 Å². The fraction of sp³-hybridized carbons (Fsp3) is 0.500. The van der Waals surface area contributed by atoms with Crippen LogP contribution in [-0.2, 0) is 4.74 Å². The number of methoxy groups -OCH3 is 1. The normalized spacial score (nSPS) is 10.2. The maximum Gasteiger partial charge on any atom is 0.319 e. The number of unbranched alkanes of at least 4 members (excludes halogenated alkanes) is 1. The summed E-state index contributed by atoms with van der Waals surface area (Å²) >= 11 is 5.98. The molecule has 0 atom stereocenters. The fourth-order valence-electron chi connectivity index (χ4n) is 1.59. The van der Waals surface area contributed by atoms with Crippen LogP contribution >= 0.6 is 11.6 Å². The quantitative estimate of drug-likeness (QED) is 0.724. The summed E-state index contributed by atoms with van der Waals surface area (Å²) in [5.41, 5.74) is 0.627. The maximum atomic E-state index is 11.6. The van der Waals surface area contributed by atoms with Gasteiger partial charge in [0.15, 0.2) is 0 Å². The molecule has 0 unspecified atom stereocenters. The molecule has 0 radical (unpaired) electrons. The Kier molecular flexibility index (Phi) is 7.84. The number of hydrogen-bond donors (Lipinski definition) is 2. The van der Waals surface area contributed by atoms with Gasteiger partial charge < -0.3 is 20.1 Å². The van der Waals surface area contributed by atoms with Crippen molar-refractivity contribution < 1.29 is 14.3 Å². The first-order valence-electron chi connectivity index (χ1n) is 6.63. The van der Waals surface area contributed by atoms with Crippen molar-refractivity contribution in [3.63, 3.8) is 0 Å². The standard InChI is InChI=1S/C14H21ClN2O3/c1-3-20-9-5-4-8-16-14(18)17-11-6-7-13(19-2)12(15)10-11/h6-7,10H,3-5,8-9H2,1-2H3,(H2,16,17,18). The van der Waals surface area contributed by atoms with E-state index in [2.05, 4.69) is 10.6 Å². The number of hydrogen-bond acceptors (Lipinski definition) is 3. The van der Waals surface area contributed by atoms with Crippen LogP contribution in [-0.4, -0.2) is 32.9 Å². The fourth-order valence-corrected chi connectivity index (χ4v) is 1.85. The van der Waals surface area contributed by atoms with E-state index in [1.54, 1.807) is 25.3 Å².